The molecule has 21 heavy (non-hydrogen) atoms. The minimum absolute atomic E-state index is 0. The maximum Gasteiger partial charge on any atom is 0.233 e. The van der Waals surface area contributed by atoms with E-state index in [9.17, 15) is 4.79 Å². The highest BCUT2D eigenvalue weighted by Crippen LogP contribution is 2.25. The van der Waals surface area contributed by atoms with E-state index in [1.807, 2.05) is 31.2 Å². The van der Waals surface area contributed by atoms with Crippen LogP contribution in [0.3, 0.4) is 0 Å². The monoisotopic (exact) mass is 330 g/mol. The molecule has 4 nitrogen and oxygen atoms in total. The van der Waals surface area contributed by atoms with Crippen molar-refractivity contribution < 1.29 is 9.53 Å². The number of carbonyl (C=O) groups is 1. The van der Waals surface area contributed by atoms with Gasteiger partial charge in [-0.05, 0) is 50.6 Å². The number of ether oxygens (including phenoxy) is 1. The van der Waals surface area contributed by atoms with Crippen LogP contribution in [0.1, 0.15) is 19.8 Å². The van der Waals surface area contributed by atoms with Gasteiger partial charge in [-0.2, -0.15) is 0 Å². The minimum Gasteiger partial charge on any atom is -0.497 e. The Labute approximate surface area is 136 Å². The molecule has 0 aromatic heterocycles. The minimum atomic E-state index is -0.0923. The Kier molecular flexibility index (Phi) is 7.93. The third-order valence-electron chi connectivity index (χ3n) is 3.38. The van der Waals surface area contributed by atoms with Crippen LogP contribution in [0.4, 0.5) is 0 Å². The Hall–Kier alpha value is -0.910. The lowest BCUT2D eigenvalue weighted by Crippen LogP contribution is -2.47. The number of hydrogen-bond acceptors (Lipinski definition) is 4. The summed E-state index contributed by atoms with van der Waals surface area (Å²) in [4.78, 5) is 13.2. The second kappa shape index (κ2) is 9.18. The summed E-state index contributed by atoms with van der Waals surface area (Å²) in [5.41, 5.74) is 0. The number of amides is 1. The lowest BCUT2D eigenvalue weighted by Gasteiger charge is -2.25. The molecule has 1 heterocycles. The average Bonchev–Trinajstić information content (AvgIpc) is 2.49. The van der Waals surface area contributed by atoms with Crippen molar-refractivity contribution in [2.45, 2.75) is 36.0 Å². The van der Waals surface area contributed by atoms with Crippen LogP contribution in [0, 0.1) is 0 Å². The van der Waals surface area contributed by atoms with E-state index in [0.717, 1.165) is 36.6 Å². The number of piperidine rings is 1. The van der Waals surface area contributed by atoms with Crippen LogP contribution in [-0.2, 0) is 4.79 Å². The molecule has 118 valence electrons. The van der Waals surface area contributed by atoms with E-state index in [1.54, 1.807) is 18.9 Å². The molecule has 0 aliphatic carbocycles. The second-order valence-electron chi connectivity index (χ2n) is 4.99. The third-order valence-corrected chi connectivity index (χ3v) is 4.50. The molecule has 6 heteroatoms. The number of hydrogen-bond donors (Lipinski definition) is 2. The van der Waals surface area contributed by atoms with E-state index in [1.165, 1.54) is 0 Å². The van der Waals surface area contributed by atoms with Gasteiger partial charge in [-0.3, -0.25) is 4.79 Å². The van der Waals surface area contributed by atoms with Crippen LogP contribution in [0.25, 0.3) is 0 Å². The van der Waals surface area contributed by atoms with Gasteiger partial charge in [-0.1, -0.05) is 0 Å². The van der Waals surface area contributed by atoms with E-state index in [4.69, 9.17) is 4.74 Å². The van der Waals surface area contributed by atoms with Gasteiger partial charge in [0, 0.05) is 17.5 Å². The molecule has 0 bridgehead atoms. The molecule has 0 radical (unpaired) electrons. The van der Waals surface area contributed by atoms with E-state index in [-0.39, 0.29) is 29.6 Å². The van der Waals surface area contributed by atoms with E-state index in [2.05, 4.69) is 10.6 Å². The first-order valence-electron chi connectivity index (χ1n) is 7.01. The van der Waals surface area contributed by atoms with Crippen LogP contribution in [0.2, 0.25) is 0 Å². The highest BCUT2D eigenvalue weighted by atomic mass is 35.5. The SMILES string of the molecule is COc1ccc(SC(C)C(=O)NC2CCCNC2)cc1.Cl. The van der Waals surface area contributed by atoms with Gasteiger partial charge in [0.2, 0.25) is 5.91 Å². The van der Waals surface area contributed by atoms with Crippen LogP contribution in [0.15, 0.2) is 29.2 Å². The first-order valence-corrected chi connectivity index (χ1v) is 7.89. The lowest BCUT2D eigenvalue weighted by molar-refractivity contribution is -0.121. The van der Waals surface area contributed by atoms with Gasteiger partial charge in [0.25, 0.3) is 0 Å². The zero-order valence-electron chi connectivity index (χ0n) is 12.4. The van der Waals surface area contributed by atoms with Crippen LogP contribution >= 0.6 is 24.2 Å². The fourth-order valence-electron chi connectivity index (χ4n) is 2.21. The van der Waals surface area contributed by atoms with Gasteiger partial charge in [0.1, 0.15) is 5.75 Å². The summed E-state index contributed by atoms with van der Waals surface area (Å²) in [5.74, 6) is 0.944. The summed E-state index contributed by atoms with van der Waals surface area (Å²) in [6.45, 7) is 3.88. The van der Waals surface area contributed by atoms with Gasteiger partial charge in [0.05, 0.1) is 12.4 Å². The van der Waals surface area contributed by atoms with E-state index in [0.29, 0.717) is 0 Å². The number of thioether (sulfide) groups is 1. The first-order chi connectivity index (χ1) is 9.69. The average molecular weight is 331 g/mol. The molecule has 2 unspecified atom stereocenters. The molecular weight excluding hydrogens is 308 g/mol. The molecule has 2 atom stereocenters. The molecule has 2 rings (SSSR count). The summed E-state index contributed by atoms with van der Waals surface area (Å²) >= 11 is 1.57. The highest BCUT2D eigenvalue weighted by molar-refractivity contribution is 8.00. The molecule has 1 fully saturated rings. The molecule has 0 saturated carbocycles. The van der Waals surface area contributed by atoms with Crippen molar-refractivity contribution in [3.8, 4) is 5.75 Å². The summed E-state index contributed by atoms with van der Waals surface area (Å²) in [7, 11) is 1.65. The largest absolute Gasteiger partial charge is 0.497 e. The topological polar surface area (TPSA) is 50.4 Å². The van der Waals surface area contributed by atoms with Crippen molar-refractivity contribution in [3.63, 3.8) is 0 Å². The molecule has 1 aliphatic heterocycles. The summed E-state index contributed by atoms with van der Waals surface area (Å²) < 4.78 is 5.13. The van der Waals surface area contributed by atoms with Crippen molar-refractivity contribution in [3.05, 3.63) is 24.3 Å². The molecular formula is C15H23ClN2O2S. The van der Waals surface area contributed by atoms with Crippen LogP contribution in [0.5, 0.6) is 5.75 Å². The van der Waals surface area contributed by atoms with Crippen molar-refractivity contribution >= 4 is 30.1 Å². The first kappa shape index (κ1) is 18.1. The Balaban J connectivity index is 0.00000220. The molecule has 1 amide bonds. The van der Waals surface area contributed by atoms with Crippen LogP contribution < -0.4 is 15.4 Å². The zero-order valence-corrected chi connectivity index (χ0v) is 14.1. The van der Waals surface area contributed by atoms with Gasteiger partial charge in [-0.25, -0.2) is 0 Å². The molecule has 0 spiro atoms. The molecule has 1 aromatic rings. The number of halogens is 1. The Morgan fingerprint density at radius 1 is 1.43 bits per heavy atom. The van der Waals surface area contributed by atoms with Crippen molar-refractivity contribution in [2.75, 3.05) is 20.2 Å². The number of carbonyl (C=O) groups excluding carboxylic acids is 1. The normalized spacial score (nSPS) is 19.2. The van der Waals surface area contributed by atoms with Gasteiger partial charge >= 0.3 is 0 Å². The van der Waals surface area contributed by atoms with Gasteiger partial charge in [0.15, 0.2) is 0 Å². The van der Waals surface area contributed by atoms with Crippen molar-refractivity contribution in [1.29, 1.82) is 0 Å². The number of benzene rings is 1. The van der Waals surface area contributed by atoms with Crippen molar-refractivity contribution in [1.82, 2.24) is 10.6 Å². The smallest absolute Gasteiger partial charge is 0.233 e. The number of nitrogens with one attached hydrogen (secondary N) is 2. The maximum absolute atomic E-state index is 12.2. The molecule has 2 N–H and O–H groups in total. The third kappa shape index (κ3) is 5.77. The fraction of sp³-hybridized carbons (Fsp3) is 0.533. The maximum atomic E-state index is 12.2. The Morgan fingerprint density at radius 3 is 2.71 bits per heavy atom. The molecule has 1 aromatic carbocycles. The predicted molar refractivity (Wildman–Crippen MR) is 89.6 cm³/mol. The number of rotatable bonds is 5. The highest BCUT2D eigenvalue weighted by Gasteiger charge is 2.20. The van der Waals surface area contributed by atoms with Gasteiger partial charge < -0.3 is 15.4 Å². The Morgan fingerprint density at radius 2 is 2.14 bits per heavy atom. The molecule has 1 aliphatic rings. The predicted octanol–water partition coefficient (Wildman–Crippen LogP) is 2.47. The van der Waals surface area contributed by atoms with Crippen LogP contribution in [-0.4, -0.2) is 37.4 Å². The lowest BCUT2D eigenvalue weighted by atomic mass is 10.1. The molecule has 1 saturated heterocycles. The fourth-order valence-corrected chi connectivity index (χ4v) is 3.08. The summed E-state index contributed by atoms with van der Waals surface area (Å²) in [6.07, 6.45) is 2.20. The summed E-state index contributed by atoms with van der Waals surface area (Å²) in [5, 5.41) is 6.33. The van der Waals surface area contributed by atoms with E-state index < -0.39 is 0 Å². The standard InChI is InChI=1S/C15H22N2O2S.ClH/c1-11(15(18)17-12-4-3-9-16-10-12)20-14-7-5-13(19-2)6-8-14;/h5-8,11-12,16H,3-4,9-10H2,1-2H3,(H,17,18);1H. The quantitative estimate of drug-likeness (QED) is 0.814. The Bertz CT molecular complexity index is 436. The number of methoxy groups -OCH3 is 1. The van der Waals surface area contributed by atoms with Gasteiger partial charge in [-0.15, -0.1) is 24.2 Å². The second-order valence-corrected chi connectivity index (χ2v) is 6.40. The van der Waals surface area contributed by atoms with Crippen molar-refractivity contribution in [2.24, 2.45) is 0 Å². The van der Waals surface area contributed by atoms with E-state index >= 15 is 0 Å². The zero-order chi connectivity index (χ0) is 14.4. The summed E-state index contributed by atoms with van der Waals surface area (Å²) in [6, 6.07) is 8.07.